The lowest BCUT2D eigenvalue weighted by molar-refractivity contribution is -0.128. The average molecular weight is 439 g/mol. The minimum absolute atomic E-state index is 0.0423. The maximum Gasteiger partial charge on any atom is 0.277 e. The molecule has 6 nitrogen and oxygen atoms in total. The van der Waals surface area contributed by atoms with Gasteiger partial charge in [0.1, 0.15) is 0 Å². The van der Waals surface area contributed by atoms with Gasteiger partial charge < -0.3 is 9.32 Å². The molecule has 0 saturated heterocycles. The van der Waals surface area contributed by atoms with Crippen LogP contribution in [0.1, 0.15) is 11.8 Å². The summed E-state index contributed by atoms with van der Waals surface area (Å²) in [5, 5.41) is 8.38. The lowest BCUT2D eigenvalue weighted by Gasteiger charge is -2.19. The molecule has 0 unspecified atom stereocenters. The van der Waals surface area contributed by atoms with Crippen LogP contribution in [0.4, 0.5) is 0 Å². The molecule has 0 radical (unpaired) electrons. The van der Waals surface area contributed by atoms with Crippen LogP contribution < -0.4 is 0 Å². The first kappa shape index (κ1) is 18.1. The molecule has 0 aliphatic rings. The van der Waals surface area contributed by atoms with Gasteiger partial charge in [-0.1, -0.05) is 11.8 Å². The molecular formula is C16H15BrN4O2S2. The summed E-state index contributed by atoms with van der Waals surface area (Å²) in [6, 6.07) is 7.61. The van der Waals surface area contributed by atoms with Crippen molar-refractivity contribution in [3.8, 4) is 11.5 Å². The van der Waals surface area contributed by atoms with E-state index in [1.165, 1.54) is 11.8 Å². The number of carbonyl (C=O) groups is 1. The number of rotatable bonds is 7. The van der Waals surface area contributed by atoms with Crippen LogP contribution >= 0.6 is 39.0 Å². The number of thioether (sulfide) groups is 1. The molecule has 3 aromatic heterocycles. The van der Waals surface area contributed by atoms with Crippen LogP contribution in [0.25, 0.3) is 11.5 Å². The molecule has 3 rings (SSSR count). The molecule has 0 saturated carbocycles. The van der Waals surface area contributed by atoms with Gasteiger partial charge in [-0.2, -0.15) is 0 Å². The number of hydrogen-bond acceptors (Lipinski definition) is 7. The van der Waals surface area contributed by atoms with Gasteiger partial charge in [-0.25, -0.2) is 0 Å². The van der Waals surface area contributed by atoms with Crippen LogP contribution in [0.3, 0.4) is 0 Å². The highest BCUT2D eigenvalue weighted by Gasteiger charge is 2.16. The van der Waals surface area contributed by atoms with E-state index >= 15 is 0 Å². The van der Waals surface area contributed by atoms with E-state index < -0.39 is 0 Å². The fourth-order valence-corrected chi connectivity index (χ4v) is 4.26. The zero-order valence-corrected chi connectivity index (χ0v) is 16.6. The maximum absolute atomic E-state index is 12.4. The summed E-state index contributed by atoms with van der Waals surface area (Å²) in [6.07, 6.45) is 3.33. The van der Waals surface area contributed by atoms with E-state index in [1.54, 1.807) is 35.9 Å². The molecule has 0 bridgehead atoms. The second-order valence-electron chi connectivity index (χ2n) is 5.01. The van der Waals surface area contributed by atoms with E-state index in [4.69, 9.17) is 4.42 Å². The van der Waals surface area contributed by atoms with Gasteiger partial charge in [0.25, 0.3) is 5.22 Å². The van der Waals surface area contributed by atoms with Gasteiger partial charge in [-0.15, -0.1) is 21.5 Å². The lowest BCUT2D eigenvalue weighted by atomic mass is 10.3. The standard InChI is InChI=1S/C16H15BrN4O2S2/c1-2-21(9-12-3-4-13(17)25-12)14(22)10-24-16-20-19-15(23-16)11-5-7-18-8-6-11/h3-8H,2,9-10H2,1H3. The Morgan fingerprint density at radius 3 is 2.76 bits per heavy atom. The first-order chi connectivity index (χ1) is 12.2. The Bertz CT molecular complexity index is 838. The van der Waals surface area contributed by atoms with Crippen LogP contribution in [0.5, 0.6) is 0 Å². The third-order valence-electron chi connectivity index (χ3n) is 3.36. The number of halogens is 1. The summed E-state index contributed by atoms with van der Waals surface area (Å²) in [4.78, 5) is 19.3. The summed E-state index contributed by atoms with van der Waals surface area (Å²) in [7, 11) is 0. The van der Waals surface area contributed by atoms with Crippen molar-refractivity contribution < 1.29 is 9.21 Å². The normalized spacial score (nSPS) is 10.8. The number of aromatic nitrogens is 3. The van der Waals surface area contributed by atoms with E-state index in [9.17, 15) is 4.79 Å². The summed E-state index contributed by atoms with van der Waals surface area (Å²) in [6.45, 7) is 3.23. The van der Waals surface area contributed by atoms with Gasteiger partial charge in [0.05, 0.1) is 16.1 Å². The van der Waals surface area contributed by atoms with Gasteiger partial charge >= 0.3 is 0 Å². The Hall–Kier alpha value is -1.71. The maximum atomic E-state index is 12.4. The molecule has 0 spiro atoms. The smallest absolute Gasteiger partial charge is 0.277 e. The van der Waals surface area contributed by atoms with Gasteiger partial charge in [0.2, 0.25) is 11.8 Å². The SMILES string of the molecule is CCN(Cc1ccc(Br)s1)C(=O)CSc1nnc(-c2ccncc2)o1. The Labute approximate surface area is 161 Å². The van der Waals surface area contributed by atoms with E-state index in [1.807, 2.05) is 24.0 Å². The first-order valence-corrected chi connectivity index (χ1v) is 10.1. The van der Waals surface area contributed by atoms with Gasteiger partial charge in [-0.05, 0) is 47.1 Å². The van der Waals surface area contributed by atoms with E-state index in [0.29, 0.717) is 24.2 Å². The van der Waals surface area contributed by atoms with Crippen LogP contribution in [0, 0.1) is 0 Å². The summed E-state index contributed by atoms with van der Waals surface area (Å²) >= 11 is 6.33. The van der Waals surface area contributed by atoms with Crippen molar-refractivity contribution >= 4 is 44.9 Å². The van der Waals surface area contributed by atoms with Crippen LogP contribution in [0.15, 0.2) is 50.1 Å². The largest absolute Gasteiger partial charge is 0.411 e. The van der Waals surface area contributed by atoms with Crippen LogP contribution in [0.2, 0.25) is 0 Å². The minimum atomic E-state index is 0.0423. The van der Waals surface area contributed by atoms with E-state index in [2.05, 4.69) is 31.1 Å². The molecule has 3 heterocycles. The minimum Gasteiger partial charge on any atom is -0.411 e. The predicted octanol–water partition coefficient (Wildman–Crippen LogP) is 4.10. The third-order valence-corrected chi connectivity index (χ3v) is 5.77. The molecule has 9 heteroatoms. The monoisotopic (exact) mass is 438 g/mol. The van der Waals surface area contributed by atoms with Gasteiger partial charge in [0, 0.05) is 29.4 Å². The molecular weight excluding hydrogens is 424 g/mol. The molecule has 0 aliphatic heterocycles. The lowest BCUT2D eigenvalue weighted by Crippen LogP contribution is -2.31. The Balaban J connectivity index is 1.57. The Morgan fingerprint density at radius 1 is 1.28 bits per heavy atom. The number of hydrogen-bond donors (Lipinski definition) is 0. The number of carbonyl (C=O) groups excluding carboxylic acids is 1. The predicted molar refractivity (Wildman–Crippen MR) is 101 cm³/mol. The van der Waals surface area contributed by atoms with Crippen molar-refractivity contribution in [1.29, 1.82) is 0 Å². The molecule has 25 heavy (non-hydrogen) atoms. The molecule has 0 N–H and O–H groups in total. The molecule has 3 aromatic rings. The highest BCUT2D eigenvalue weighted by molar-refractivity contribution is 9.11. The molecule has 0 aliphatic carbocycles. The third kappa shape index (κ3) is 4.90. The van der Waals surface area contributed by atoms with Crippen LogP contribution in [-0.4, -0.2) is 38.3 Å². The molecule has 1 amide bonds. The average Bonchev–Trinajstić information content (AvgIpc) is 3.27. The molecule has 0 aromatic carbocycles. The van der Waals surface area contributed by atoms with Crippen molar-refractivity contribution in [2.75, 3.05) is 12.3 Å². The Morgan fingerprint density at radius 2 is 2.08 bits per heavy atom. The zero-order valence-electron chi connectivity index (χ0n) is 13.4. The molecule has 0 atom stereocenters. The van der Waals surface area contributed by atoms with Crippen molar-refractivity contribution in [3.05, 3.63) is 45.3 Å². The molecule has 0 fully saturated rings. The fourth-order valence-electron chi connectivity index (χ4n) is 2.10. The number of pyridine rings is 1. The zero-order chi connectivity index (χ0) is 17.6. The molecule has 130 valence electrons. The topological polar surface area (TPSA) is 72.1 Å². The fraction of sp³-hybridized carbons (Fsp3) is 0.250. The van der Waals surface area contributed by atoms with Crippen molar-refractivity contribution in [3.63, 3.8) is 0 Å². The summed E-state index contributed by atoms with van der Waals surface area (Å²) in [5.74, 6) is 0.729. The number of nitrogens with zero attached hydrogens (tertiary/aromatic N) is 4. The van der Waals surface area contributed by atoms with Gasteiger partial charge in [0.15, 0.2) is 0 Å². The number of thiophene rings is 1. The van der Waals surface area contributed by atoms with E-state index in [0.717, 1.165) is 14.2 Å². The first-order valence-electron chi connectivity index (χ1n) is 7.54. The number of amides is 1. The quantitative estimate of drug-likeness (QED) is 0.517. The van der Waals surface area contributed by atoms with Gasteiger partial charge in [-0.3, -0.25) is 9.78 Å². The highest BCUT2D eigenvalue weighted by atomic mass is 79.9. The highest BCUT2D eigenvalue weighted by Crippen LogP contribution is 2.25. The van der Waals surface area contributed by atoms with Crippen molar-refractivity contribution in [2.24, 2.45) is 0 Å². The summed E-state index contributed by atoms with van der Waals surface area (Å²) in [5.41, 5.74) is 0.805. The second kappa shape index (κ2) is 8.59. The van der Waals surface area contributed by atoms with Crippen molar-refractivity contribution in [2.45, 2.75) is 18.7 Å². The summed E-state index contributed by atoms with van der Waals surface area (Å²) < 4.78 is 6.66. The Kier molecular flexibility index (Phi) is 6.22. The second-order valence-corrected chi connectivity index (χ2v) is 8.49. The van der Waals surface area contributed by atoms with Crippen molar-refractivity contribution in [1.82, 2.24) is 20.1 Å². The van der Waals surface area contributed by atoms with Crippen LogP contribution in [-0.2, 0) is 11.3 Å². The van der Waals surface area contributed by atoms with E-state index in [-0.39, 0.29) is 11.7 Å².